The molecule has 1 aromatic heterocycles. The molecule has 2 N–H and O–H groups in total. The minimum atomic E-state index is -0.0642. The van der Waals surface area contributed by atoms with E-state index in [9.17, 15) is 9.59 Å². The number of anilines is 1. The van der Waals surface area contributed by atoms with E-state index in [0.717, 1.165) is 38.2 Å². The second kappa shape index (κ2) is 10.6. The molecule has 4 rings (SSSR count). The molecule has 174 valence electrons. The maximum atomic E-state index is 12.6. The van der Waals surface area contributed by atoms with Crippen molar-refractivity contribution in [2.75, 3.05) is 17.6 Å². The zero-order valence-electron chi connectivity index (χ0n) is 19.7. The van der Waals surface area contributed by atoms with E-state index in [2.05, 4.69) is 39.6 Å². The third-order valence-corrected chi connectivity index (χ3v) is 6.58. The lowest BCUT2D eigenvalue weighted by molar-refractivity contribution is -0.113. The van der Waals surface area contributed by atoms with Crippen molar-refractivity contribution in [3.8, 4) is 0 Å². The van der Waals surface area contributed by atoms with Gasteiger partial charge in [0.2, 0.25) is 5.91 Å². The third kappa shape index (κ3) is 5.88. The number of thioether (sulfide) groups is 1. The molecule has 0 aliphatic heterocycles. The van der Waals surface area contributed by atoms with Crippen LogP contribution in [0.15, 0.2) is 77.8 Å². The van der Waals surface area contributed by atoms with E-state index in [1.807, 2.05) is 69.3 Å². The van der Waals surface area contributed by atoms with Crippen LogP contribution in [0.1, 0.15) is 27.0 Å². The van der Waals surface area contributed by atoms with Crippen LogP contribution in [-0.4, -0.2) is 28.7 Å². The number of rotatable bonds is 8. The fourth-order valence-corrected chi connectivity index (χ4v) is 4.96. The molecule has 0 saturated heterocycles. The van der Waals surface area contributed by atoms with Crippen molar-refractivity contribution in [2.45, 2.75) is 32.2 Å². The van der Waals surface area contributed by atoms with E-state index in [1.165, 1.54) is 11.8 Å². The highest BCUT2D eigenvalue weighted by Crippen LogP contribution is 2.30. The van der Waals surface area contributed by atoms with E-state index < -0.39 is 0 Å². The lowest BCUT2D eigenvalue weighted by Gasteiger charge is -2.09. The highest BCUT2D eigenvalue weighted by Gasteiger charge is 2.12. The highest BCUT2D eigenvalue weighted by molar-refractivity contribution is 8.00. The summed E-state index contributed by atoms with van der Waals surface area (Å²) in [5.41, 5.74) is 5.85. The summed E-state index contributed by atoms with van der Waals surface area (Å²) in [5, 5.41) is 7.10. The Bertz CT molecular complexity index is 1320. The molecule has 0 saturated carbocycles. The average Bonchev–Trinajstić information content (AvgIpc) is 3.15. The molecular weight excluding hydrogens is 442 g/mol. The first-order chi connectivity index (χ1) is 16.4. The number of aryl methyl sites for hydroxylation is 3. The molecule has 0 bridgehead atoms. The normalized spacial score (nSPS) is 10.9. The fourth-order valence-electron chi connectivity index (χ4n) is 4.07. The average molecular weight is 472 g/mol. The van der Waals surface area contributed by atoms with Gasteiger partial charge in [-0.25, -0.2) is 0 Å². The van der Waals surface area contributed by atoms with Crippen molar-refractivity contribution in [1.82, 2.24) is 9.88 Å². The molecule has 0 fully saturated rings. The first-order valence-electron chi connectivity index (χ1n) is 11.3. The number of benzene rings is 3. The Hall–Kier alpha value is -3.51. The molecule has 2 amide bonds. The number of hydrogen-bond acceptors (Lipinski definition) is 3. The Balaban J connectivity index is 1.39. The van der Waals surface area contributed by atoms with E-state index in [1.54, 1.807) is 0 Å². The summed E-state index contributed by atoms with van der Waals surface area (Å²) < 4.78 is 2.14. The van der Waals surface area contributed by atoms with Crippen molar-refractivity contribution in [3.63, 3.8) is 0 Å². The van der Waals surface area contributed by atoms with E-state index in [0.29, 0.717) is 24.4 Å². The van der Waals surface area contributed by atoms with Crippen molar-refractivity contribution in [2.24, 2.45) is 0 Å². The van der Waals surface area contributed by atoms with Crippen molar-refractivity contribution in [3.05, 3.63) is 95.2 Å². The monoisotopic (exact) mass is 471 g/mol. The van der Waals surface area contributed by atoms with Gasteiger partial charge in [0.05, 0.1) is 5.75 Å². The van der Waals surface area contributed by atoms with Crippen LogP contribution in [0.3, 0.4) is 0 Å². The minimum Gasteiger partial charge on any atom is -0.350 e. The lowest BCUT2D eigenvalue weighted by Crippen LogP contribution is -2.27. The zero-order chi connectivity index (χ0) is 24.1. The largest absolute Gasteiger partial charge is 0.350 e. The topological polar surface area (TPSA) is 63.1 Å². The maximum Gasteiger partial charge on any atom is 0.251 e. The summed E-state index contributed by atoms with van der Waals surface area (Å²) in [7, 11) is 0. The summed E-state index contributed by atoms with van der Waals surface area (Å²) in [4.78, 5) is 26.1. The number of hydrogen-bond donors (Lipinski definition) is 2. The number of para-hydroxylation sites is 1. The third-order valence-electron chi connectivity index (χ3n) is 5.53. The van der Waals surface area contributed by atoms with Gasteiger partial charge < -0.3 is 15.2 Å². The van der Waals surface area contributed by atoms with Crippen molar-refractivity contribution >= 4 is 40.2 Å². The SMILES string of the molecule is Cc1cccc(NC(=O)CSc2cn(CCNC(=O)c3cc(C)cc(C)c3)c3ccccc23)c1. The molecule has 6 heteroatoms. The molecule has 0 radical (unpaired) electrons. The standard InChI is InChI=1S/C28H29N3O2S/c1-19-7-6-8-23(16-19)30-27(32)18-34-26-17-31(25-10-5-4-9-24(25)26)12-11-29-28(33)22-14-20(2)13-21(3)15-22/h4-10,13-17H,11-12,18H2,1-3H3,(H,29,33)(H,30,32). The highest BCUT2D eigenvalue weighted by atomic mass is 32.2. The molecule has 0 aliphatic rings. The molecule has 0 spiro atoms. The van der Waals surface area contributed by atoms with E-state index in [4.69, 9.17) is 0 Å². The molecule has 0 aliphatic carbocycles. The van der Waals surface area contributed by atoms with Crippen LogP contribution in [0, 0.1) is 20.8 Å². The van der Waals surface area contributed by atoms with Crippen LogP contribution >= 0.6 is 11.8 Å². The number of amides is 2. The first kappa shape index (κ1) is 23.6. The van der Waals surface area contributed by atoms with Crippen LogP contribution in [0.25, 0.3) is 10.9 Å². The van der Waals surface area contributed by atoms with Gasteiger partial charge in [-0.2, -0.15) is 0 Å². The summed E-state index contributed by atoms with van der Waals surface area (Å²) in [5.74, 6) is 0.226. The van der Waals surface area contributed by atoms with E-state index >= 15 is 0 Å². The number of nitrogens with zero attached hydrogens (tertiary/aromatic N) is 1. The van der Waals surface area contributed by atoms with Gasteiger partial charge >= 0.3 is 0 Å². The Morgan fingerprint density at radius 2 is 1.65 bits per heavy atom. The van der Waals surface area contributed by atoms with Gasteiger partial charge in [0.25, 0.3) is 5.91 Å². The Morgan fingerprint density at radius 1 is 0.882 bits per heavy atom. The van der Waals surface area contributed by atoms with Crippen molar-refractivity contribution < 1.29 is 9.59 Å². The lowest BCUT2D eigenvalue weighted by atomic mass is 10.1. The Morgan fingerprint density at radius 3 is 2.41 bits per heavy atom. The summed E-state index contributed by atoms with van der Waals surface area (Å²) >= 11 is 1.52. The van der Waals surface area contributed by atoms with Crippen molar-refractivity contribution in [1.29, 1.82) is 0 Å². The number of fused-ring (bicyclic) bond motifs is 1. The summed E-state index contributed by atoms with van der Waals surface area (Å²) in [6, 6.07) is 21.8. The predicted molar refractivity (Wildman–Crippen MR) is 141 cm³/mol. The van der Waals surface area contributed by atoms with Crippen LogP contribution in [0.5, 0.6) is 0 Å². The van der Waals surface area contributed by atoms with Crippen LogP contribution < -0.4 is 10.6 Å². The molecule has 1 heterocycles. The summed E-state index contributed by atoms with van der Waals surface area (Å²) in [6.07, 6.45) is 2.07. The smallest absolute Gasteiger partial charge is 0.251 e. The van der Waals surface area contributed by atoms with Gasteiger partial charge in [-0.3, -0.25) is 9.59 Å². The van der Waals surface area contributed by atoms with Gasteiger partial charge in [0.1, 0.15) is 0 Å². The zero-order valence-corrected chi connectivity index (χ0v) is 20.5. The Labute approximate surface area is 204 Å². The molecular formula is C28H29N3O2S. The van der Waals surface area contributed by atoms with Gasteiger partial charge in [-0.05, 0) is 56.7 Å². The summed E-state index contributed by atoms with van der Waals surface area (Å²) in [6.45, 7) is 7.16. The number of carbonyl (C=O) groups excluding carboxylic acids is 2. The van der Waals surface area contributed by atoms with Crippen LogP contribution in [0.4, 0.5) is 5.69 Å². The maximum absolute atomic E-state index is 12.6. The predicted octanol–water partition coefficient (Wildman–Crippen LogP) is 5.73. The molecule has 0 atom stereocenters. The molecule has 0 unspecified atom stereocenters. The second-order valence-electron chi connectivity index (χ2n) is 8.54. The first-order valence-corrected chi connectivity index (χ1v) is 12.3. The van der Waals surface area contributed by atoms with Crippen LogP contribution in [0.2, 0.25) is 0 Å². The Kier molecular flexibility index (Phi) is 7.38. The van der Waals surface area contributed by atoms with Gasteiger partial charge in [0.15, 0.2) is 0 Å². The second-order valence-corrected chi connectivity index (χ2v) is 9.56. The van der Waals surface area contributed by atoms with Gasteiger partial charge in [0, 0.05) is 46.3 Å². The molecule has 34 heavy (non-hydrogen) atoms. The molecule has 4 aromatic rings. The molecule has 5 nitrogen and oxygen atoms in total. The number of aromatic nitrogens is 1. The number of carbonyl (C=O) groups is 2. The van der Waals surface area contributed by atoms with E-state index in [-0.39, 0.29) is 11.8 Å². The number of nitrogens with one attached hydrogen (secondary N) is 2. The van der Waals surface area contributed by atoms with Gasteiger partial charge in [-0.15, -0.1) is 11.8 Å². The fraction of sp³-hybridized carbons (Fsp3) is 0.214. The van der Waals surface area contributed by atoms with Crippen LogP contribution in [-0.2, 0) is 11.3 Å². The minimum absolute atomic E-state index is 0.0341. The molecule has 3 aromatic carbocycles. The van der Waals surface area contributed by atoms with Gasteiger partial charge in [-0.1, -0.05) is 47.5 Å². The quantitative estimate of drug-likeness (QED) is 0.323.